The van der Waals surface area contributed by atoms with Crippen LogP contribution >= 0.6 is 46.9 Å². The average molecular weight is 483 g/mol. The third-order valence-corrected chi connectivity index (χ3v) is 5.04. The van der Waals surface area contributed by atoms with E-state index in [2.05, 4.69) is 30.4 Å². The Labute approximate surface area is 166 Å². The zero-order valence-electron chi connectivity index (χ0n) is 13.2. The standard InChI is InChI=1S/C14H19ClN6OS.HI/c1-16-14(17-7-9(22)10-4-5-11(15)23-10)18-8-13-20-19-12-3-2-6-21(12)13;/h4-5,9,22H,2-3,6-8H2,1H3,(H2,16,17,18);1H. The van der Waals surface area contributed by atoms with Gasteiger partial charge in [-0.25, -0.2) is 0 Å². The van der Waals surface area contributed by atoms with E-state index in [0.29, 0.717) is 23.4 Å². The molecule has 1 unspecified atom stereocenters. The number of halogens is 2. The SMILES string of the molecule is CN=C(NCc1nnc2n1CCC2)NCC(O)c1ccc(Cl)s1.I. The van der Waals surface area contributed by atoms with Crippen LogP contribution < -0.4 is 10.6 Å². The van der Waals surface area contributed by atoms with Crippen LogP contribution in [-0.2, 0) is 19.5 Å². The third-order valence-electron chi connectivity index (χ3n) is 3.71. The van der Waals surface area contributed by atoms with Gasteiger partial charge < -0.3 is 20.3 Å². The van der Waals surface area contributed by atoms with Gasteiger partial charge in [-0.05, 0) is 18.6 Å². The van der Waals surface area contributed by atoms with Crippen molar-refractivity contribution in [1.29, 1.82) is 0 Å². The zero-order chi connectivity index (χ0) is 16.2. The molecule has 0 saturated heterocycles. The van der Waals surface area contributed by atoms with Gasteiger partial charge in [0.05, 0.1) is 10.9 Å². The topological polar surface area (TPSA) is 87.4 Å². The number of hydrogen-bond acceptors (Lipinski definition) is 5. The van der Waals surface area contributed by atoms with Crippen LogP contribution in [0, 0.1) is 0 Å². The maximum atomic E-state index is 10.1. The van der Waals surface area contributed by atoms with Crippen LogP contribution in [0.15, 0.2) is 17.1 Å². The Kier molecular flexibility index (Phi) is 7.26. The van der Waals surface area contributed by atoms with E-state index in [1.165, 1.54) is 11.3 Å². The quantitative estimate of drug-likeness (QED) is 0.344. The minimum Gasteiger partial charge on any atom is -0.386 e. The van der Waals surface area contributed by atoms with Crippen molar-refractivity contribution >= 4 is 52.9 Å². The minimum absolute atomic E-state index is 0. The first-order valence-electron chi connectivity index (χ1n) is 7.46. The molecule has 0 bridgehead atoms. The lowest BCUT2D eigenvalue weighted by molar-refractivity contribution is 0.184. The van der Waals surface area contributed by atoms with Crippen molar-refractivity contribution in [3.05, 3.63) is 33.0 Å². The third kappa shape index (κ3) is 4.58. The van der Waals surface area contributed by atoms with Crippen LogP contribution in [0.1, 0.15) is 29.1 Å². The second-order valence-corrected chi connectivity index (χ2v) is 7.00. The van der Waals surface area contributed by atoms with Crippen molar-refractivity contribution in [3.8, 4) is 0 Å². The predicted octanol–water partition coefficient (Wildman–Crippen LogP) is 1.96. The largest absolute Gasteiger partial charge is 0.386 e. The summed E-state index contributed by atoms with van der Waals surface area (Å²) in [4.78, 5) is 4.98. The molecule has 7 nitrogen and oxygen atoms in total. The number of rotatable bonds is 5. The molecule has 0 aromatic carbocycles. The van der Waals surface area contributed by atoms with E-state index < -0.39 is 6.10 Å². The van der Waals surface area contributed by atoms with E-state index in [-0.39, 0.29) is 24.0 Å². The number of aliphatic imine (C=N–C) groups is 1. The summed E-state index contributed by atoms with van der Waals surface area (Å²) in [6.07, 6.45) is 1.50. The van der Waals surface area contributed by atoms with Gasteiger partial charge in [0.15, 0.2) is 11.8 Å². The molecule has 3 rings (SSSR count). The molecule has 0 aliphatic carbocycles. The van der Waals surface area contributed by atoms with Crippen molar-refractivity contribution in [2.24, 2.45) is 4.99 Å². The molecule has 132 valence electrons. The first-order valence-corrected chi connectivity index (χ1v) is 8.65. The van der Waals surface area contributed by atoms with E-state index >= 15 is 0 Å². The fraction of sp³-hybridized carbons (Fsp3) is 0.500. The van der Waals surface area contributed by atoms with E-state index in [1.54, 1.807) is 13.1 Å². The molecule has 1 aliphatic heterocycles. The summed E-state index contributed by atoms with van der Waals surface area (Å²) in [6, 6.07) is 3.61. The van der Waals surface area contributed by atoms with Crippen molar-refractivity contribution < 1.29 is 5.11 Å². The average Bonchev–Trinajstić information content (AvgIpc) is 3.24. The number of thiophene rings is 1. The van der Waals surface area contributed by atoms with Crippen LogP contribution in [0.4, 0.5) is 0 Å². The van der Waals surface area contributed by atoms with Crippen LogP contribution in [0.25, 0.3) is 0 Å². The molecule has 2 aromatic rings. The van der Waals surface area contributed by atoms with E-state index in [1.807, 2.05) is 6.07 Å². The molecular formula is C14H20ClIN6OS. The Morgan fingerprint density at radius 3 is 3.00 bits per heavy atom. The smallest absolute Gasteiger partial charge is 0.191 e. The Balaban J connectivity index is 0.00000208. The number of aliphatic hydroxyl groups excluding tert-OH is 1. The summed E-state index contributed by atoms with van der Waals surface area (Å²) in [5.74, 6) is 2.57. The van der Waals surface area contributed by atoms with E-state index in [4.69, 9.17) is 11.6 Å². The second-order valence-electron chi connectivity index (χ2n) is 5.25. The summed E-state index contributed by atoms with van der Waals surface area (Å²) in [6.45, 7) is 1.88. The summed E-state index contributed by atoms with van der Waals surface area (Å²) in [5.41, 5.74) is 0. The fourth-order valence-electron chi connectivity index (χ4n) is 2.53. The Morgan fingerprint density at radius 2 is 2.29 bits per heavy atom. The maximum Gasteiger partial charge on any atom is 0.191 e. The van der Waals surface area contributed by atoms with Gasteiger partial charge in [0.25, 0.3) is 0 Å². The minimum atomic E-state index is -0.622. The molecule has 0 saturated carbocycles. The lowest BCUT2D eigenvalue weighted by atomic mass is 10.3. The molecular weight excluding hydrogens is 463 g/mol. The summed E-state index contributed by atoms with van der Waals surface area (Å²) >= 11 is 7.26. The van der Waals surface area contributed by atoms with E-state index in [9.17, 15) is 5.11 Å². The maximum absolute atomic E-state index is 10.1. The number of fused-ring (bicyclic) bond motifs is 1. The second kappa shape index (κ2) is 8.97. The normalized spacial score (nSPS) is 14.9. The molecule has 10 heteroatoms. The van der Waals surface area contributed by atoms with Gasteiger partial charge in [-0.1, -0.05) is 11.6 Å². The molecule has 1 aliphatic rings. The van der Waals surface area contributed by atoms with Gasteiger partial charge in [-0.2, -0.15) is 0 Å². The highest BCUT2D eigenvalue weighted by Gasteiger charge is 2.17. The van der Waals surface area contributed by atoms with Gasteiger partial charge >= 0.3 is 0 Å². The monoisotopic (exact) mass is 482 g/mol. The van der Waals surface area contributed by atoms with Gasteiger partial charge in [0.2, 0.25) is 0 Å². The highest BCUT2D eigenvalue weighted by Crippen LogP contribution is 2.26. The molecule has 0 radical (unpaired) electrons. The van der Waals surface area contributed by atoms with Crippen LogP contribution in [0.2, 0.25) is 4.34 Å². The fourth-order valence-corrected chi connectivity index (χ4v) is 3.57. The molecule has 0 fully saturated rings. The van der Waals surface area contributed by atoms with Crippen LogP contribution in [0.3, 0.4) is 0 Å². The van der Waals surface area contributed by atoms with E-state index in [0.717, 1.165) is 35.9 Å². The number of hydrogen-bond donors (Lipinski definition) is 3. The highest BCUT2D eigenvalue weighted by molar-refractivity contribution is 14.0. The first-order chi connectivity index (χ1) is 11.2. The Bertz CT molecular complexity index is 703. The number of guanidine groups is 1. The van der Waals surface area contributed by atoms with Crippen molar-refractivity contribution in [3.63, 3.8) is 0 Å². The summed E-state index contributed by atoms with van der Waals surface area (Å²) in [5, 5.41) is 24.8. The number of nitrogens with zero attached hydrogens (tertiary/aromatic N) is 4. The highest BCUT2D eigenvalue weighted by atomic mass is 127. The molecule has 0 spiro atoms. The first kappa shape index (κ1) is 19.4. The molecule has 3 heterocycles. The zero-order valence-corrected chi connectivity index (χ0v) is 17.1. The molecule has 0 amide bonds. The summed E-state index contributed by atoms with van der Waals surface area (Å²) < 4.78 is 2.81. The van der Waals surface area contributed by atoms with Crippen molar-refractivity contribution in [2.75, 3.05) is 13.6 Å². The van der Waals surface area contributed by atoms with Crippen molar-refractivity contribution in [2.45, 2.75) is 32.0 Å². The number of aryl methyl sites for hydroxylation is 1. The van der Waals surface area contributed by atoms with Gasteiger partial charge in [0.1, 0.15) is 11.9 Å². The lowest BCUT2D eigenvalue weighted by Crippen LogP contribution is -2.39. The van der Waals surface area contributed by atoms with Crippen LogP contribution in [-0.4, -0.2) is 39.4 Å². The van der Waals surface area contributed by atoms with Gasteiger partial charge in [-0.3, -0.25) is 4.99 Å². The van der Waals surface area contributed by atoms with Crippen LogP contribution in [0.5, 0.6) is 0 Å². The number of aliphatic hydroxyl groups is 1. The summed E-state index contributed by atoms with van der Waals surface area (Å²) in [7, 11) is 1.69. The number of aromatic nitrogens is 3. The number of nitrogens with one attached hydrogen (secondary N) is 2. The van der Waals surface area contributed by atoms with Crippen molar-refractivity contribution in [1.82, 2.24) is 25.4 Å². The molecule has 3 N–H and O–H groups in total. The lowest BCUT2D eigenvalue weighted by Gasteiger charge is -2.14. The van der Waals surface area contributed by atoms with Gasteiger partial charge in [-0.15, -0.1) is 45.5 Å². The Morgan fingerprint density at radius 1 is 1.46 bits per heavy atom. The molecule has 2 aromatic heterocycles. The molecule has 1 atom stereocenters. The predicted molar refractivity (Wildman–Crippen MR) is 106 cm³/mol. The Hall–Kier alpha value is -0.910. The van der Waals surface area contributed by atoms with Gasteiger partial charge in [0, 0.05) is 31.4 Å². The molecule has 24 heavy (non-hydrogen) atoms.